The molecule has 0 spiro atoms. The van der Waals surface area contributed by atoms with Crippen LogP contribution in [0.3, 0.4) is 0 Å². The Morgan fingerprint density at radius 1 is 1.06 bits per heavy atom. The monoisotopic (exact) mass is 327 g/mol. The normalized spacial score (nSPS) is 11.8. The molecule has 0 unspecified atom stereocenters. The van der Waals surface area contributed by atoms with Crippen molar-refractivity contribution in [2.24, 2.45) is 0 Å². The number of nitrogens with one attached hydrogen (secondary N) is 1. The molecule has 0 aromatic heterocycles. The topological polar surface area (TPSA) is 66.4 Å². The van der Waals surface area contributed by atoms with Gasteiger partial charge in [-0.05, 0) is 12.1 Å². The Morgan fingerprint density at radius 3 is 2.00 bits per heavy atom. The van der Waals surface area contributed by atoms with Crippen molar-refractivity contribution in [1.82, 2.24) is 0 Å². The molecule has 0 bridgehead atoms. The molecule has 2 N–H and O–H groups in total. The van der Waals surface area contributed by atoms with Crippen molar-refractivity contribution in [3.05, 3.63) is 38.3 Å². The van der Waals surface area contributed by atoms with Crippen LogP contribution in [0, 0.1) is 0 Å². The number of para-hydroxylation sites is 1. The predicted molar refractivity (Wildman–Crippen MR) is 71.5 cm³/mol. The van der Waals surface area contributed by atoms with Gasteiger partial charge in [-0.15, -0.1) is 0 Å². The molecule has 1 aromatic rings. The molecule has 0 saturated carbocycles. The van der Waals surface area contributed by atoms with E-state index in [1.807, 2.05) is 0 Å². The van der Waals surface area contributed by atoms with Crippen LogP contribution in [0.15, 0.2) is 28.3 Å². The van der Waals surface area contributed by atoms with Crippen molar-refractivity contribution in [3.8, 4) is 0 Å². The average Bonchev–Trinajstić information content (AvgIpc) is 2.31. The van der Waals surface area contributed by atoms with Crippen LogP contribution >= 0.6 is 46.4 Å². The molecular formula is C10H5Cl4NO3. The molecule has 96 valence electrons. The number of benzene rings is 1. The Hall–Kier alpha value is -0.940. The molecule has 4 nitrogen and oxygen atoms in total. The van der Waals surface area contributed by atoms with Gasteiger partial charge in [0.2, 0.25) is 0 Å². The third-order valence-electron chi connectivity index (χ3n) is 1.78. The lowest BCUT2D eigenvalue weighted by atomic mass is 10.3. The van der Waals surface area contributed by atoms with Crippen LogP contribution < -0.4 is 5.32 Å². The van der Waals surface area contributed by atoms with Crippen molar-refractivity contribution in [3.63, 3.8) is 0 Å². The summed E-state index contributed by atoms with van der Waals surface area (Å²) in [6.07, 6.45) is 0. The second kappa shape index (κ2) is 6.29. The van der Waals surface area contributed by atoms with Gasteiger partial charge in [-0.3, -0.25) is 4.79 Å². The van der Waals surface area contributed by atoms with Crippen molar-refractivity contribution in [2.45, 2.75) is 0 Å². The minimum atomic E-state index is -1.51. The summed E-state index contributed by atoms with van der Waals surface area (Å²) in [6, 6.07) is 4.58. The quantitative estimate of drug-likeness (QED) is 0.831. The maximum absolute atomic E-state index is 11.6. The standard InChI is InChI=1S/C10H5Cl4NO3/c11-4-2-1-3-5(12)8(4)15-9(16)6(13)7(14)10(17)18/h1-3H,(H,15,16)(H,17,18). The zero-order valence-electron chi connectivity index (χ0n) is 8.51. The van der Waals surface area contributed by atoms with Crippen LogP contribution in [0.4, 0.5) is 5.69 Å². The molecule has 0 fully saturated rings. The van der Waals surface area contributed by atoms with Gasteiger partial charge in [0.15, 0.2) is 0 Å². The van der Waals surface area contributed by atoms with E-state index in [-0.39, 0.29) is 15.7 Å². The maximum Gasteiger partial charge on any atom is 0.349 e. The summed E-state index contributed by atoms with van der Waals surface area (Å²) in [5.41, 5.74) is 0.124. The lowest BCUT2D eigenvalue weighted by Crippen LogP contribution is -2.15. The zero-order chi connectivity index (χ0) is 13.9. The number of amides is 1. The van der Waals surface area contributed by atoms with E-state index in [2.05, 4.69) is 5.32 Å². The molecule has 0 aliphatic rings. The van der Waals surface area contributed by atoms with E-state index < -0.39 is 21.9 Å². The lowest BCUT2D eigenvalue weighted by molar-refractivity contribution is -0.132. The number of halogens is 4. The van der Waals surface area contributed by atoms with E-state index in [1.165, 1.54) is 12.1 Å². The summed E-state index contributed by atoms with van der Waals surface area (Å²) in [5.74, 6) is -2.43. The highest BCUT2D eigenvalue weighted by molar-refractivity contribution is 6.54. The minimum absolute atomic E-state index is 0.124. The van der Waals surface area contributed by atoms with Gasteiger partial charge >= 0.3 is 5.97 Å². The van der Waals surface area contributed by atoms with E-state index in [4.69, 9.17) is 51.5 Å². The third kappa shape index (κ3) is 3.53. The molecule has 1 rings (SSSR count). The highest BCUT2D eigenvalue weighted by atomic mass is 35.5. The van der Waals surface area contributed by atoms with Crippen molar-refractivity contribution in [2.75, 3.05) is 5.32 Å². The summed E-state index contributed by atoms with van der Waals surface area (Å²) in [7, 11) is 0. The van der Waals surface area contributed by atoms with Crippen LogP contribution in [0.2, 0.25) is 10.0 Å². The van der Waals surface area contributed by atoms with E-state index in [0.717, 1.165) is 0 Å². The first-order chi connectivity index (χ1) is 8.34. The number of aliphatic carboxylic acids is 1. The molecule has 0 heterocycles. The van der Waals surface area contributed by atoms with E-state index in [0.29, 0.717) is 0 Å². The Kier molecular flexibility index (Phi) is 5.28. The van der Waals surface area contributed by atoms with Crippen molar-refractivity contribution >= 4 is 64.0 Å². The van der Waals surface area contributed by atoms with Gasteiger partial charge in [-0.1, -0.05) is 52.5 Å². The van der Waals surface area contributed by atoms with Gasteiger partial charge in [0, 0.05) is 0 Å². The second-order valence-corrected chi connectivity index (χ2v) is 4.55. The summed E-state index contributed by atoms with van der Waals surface area (Å²) in [5, 5.41) is 9.76. The van der Waals surface area contributed by atoms with Gasteiger partial charge in [0.1, 0.15) is 10.1 Å². The number of carbonyl (C=O) groups excluding carboxylic acids is 1. The molecule has 8 heteroatoms. The largest absolute Gasteiger partial charge is 0.477 e. The Labute approximate surface area is 122 Å². The number of rotatable bonds is 3. The molecule has 18 heavy (non-hydrogen) atoms. The molecule has 0 aliphatic heterocycles. The predicted octanol–water partition coefficient (Wildman–Crippen LogP) is 3.71. The molecule has 0 saturated heterocycles. The molecule has 1 amide bonds. The molecule has 0 radical (unpaired) electrons. The summed E-state index contributed by atoms with van der Waals surface area (Å²) < 4.78 is 0. The summed E-state index contributed by atoms with van der Waals surface area (Å²) in [6.45, 7) is 0. The average molecular weight is 329 g/mol. The van der Waals surface area contributed by atoms with E-state index >= 15 is 0 Å². The van der Waals surface area contributed by atoms with Crippen LogP contribution in [-0.4, -0.2) is 17.0 Å². The molecule has 0 atom stereocenters. The number of carbonyl (C=O) groups is 2. The fourth-order valence-corrected chi connectivity index (χ4v) is 1.69. The first-order valence-corrected chi connectivity index (χ1v) is 5.89. The second-order valence-electron chi connectivity index (χ2n) is 2.98. The first kappa shape index (κ1) is 15.1. The number of anilines is 1. The molecule has 0 aliphatic carbocycles. The van der Waals surface area contributed by atoms with Gasteiger partial charge in [-0.2, -0.15) is 0 Å². The molecule has 1 aromatic carbocycles. The summed E-state index contributed by atoms with van der Waals surface area (Å²) in [4.78, 5) is 22.1. The van der Waals surface area contributed by atoms with Gasteiger partial charge in [0.05, 0.1) is 15.7 Å². The van der Waals surface area contributed by atoms with Crippen molar-refractivity contribution in [1.29, 1.82) is 0 Å². The van der Waals surface area contributed by atoms with Crippen LogP contribution in [-0.2, 0) is 9.59 Å². The van der Waals surface area contributed by atoms with Crippen molar-refractivity contribution < 1.29 is 14.7 Å². The van der Waals surface area contributed by atoms with E-state index in [9.17, 15) is 9.59 Å². The number of hydrogen-bond acceptors (Lipinski definition) is 2. The first-order valence-electron chi connectivity index (χ1n) is 4.38. The fraction of sp³-hybridized carbons (Fsp3) is 0. The summed E-state index contributed by atoms with van der Waals surface area (Å²) >= 11 is 22.5. The van der Waals surface area contributed by atoms with Gasteiger partial charge in [0.25, 0.3) is 5.91 Å². The minimum Gasteiger partial charge on any atom is -0.477 e. The fourth-order valence-electron chi connectivity index (χ4n) is 0.979. The maximum atomic E-state index is 11.6. The Morgan fingerprint density at radius 2 is 1.56 bits per heavy atom. The third-order valence-corrected chi connectivity index (χ3v) is 3.22. The SMILES string of the molecule is O=C(O)C(Cl)=C(Cl)C(=O)Nc1c(Cl)cccc1Cl. The van der Waals surface area contributed by atoms with Crippen LogP contribution in [0.5, 0.6) is 0 Å². The van der Waals surface area contributed by atoms with Crippen LogP contribution in [0.1, 0.15) is 0 Å². The van der Waals surface area contributed by atoms with E-state index in [1.54, 1.807) is 6.07 Å². The number of hydrogen-bond donors (Lipinski definition) is 2. The zero-order valence-corrected chi connectivity index (χ0v) is 11.5. The van der Waals surface area contributed by atoms with Gasteiger partial charge in [-0.25, -0.2) is 4.79 Å². The van der Waals surface area contributed by atoms with Crippen LogP contribution in [0.25, 0.3) is 0 Å². The number of carboxylic acids is 1. The smallest absolute Gasteiger partial charge is 0.349 e. The highest BCUT2D eigenvalue weighted by Crippen LogP contribution is 2.30. The Balaban J connectivity index is 3.03. The number of carboxylic acid groups (broad SMARTS) is 1. The van der Waals surface area contributed by atoms with Gasteiger partial charge < -0.3 is 10.4 Å². The highest BCUT2D eigenvalue weighted by Gasteiger charge is 2.18. The molecular weight excluding hydrogens is 324 g/mol. The lowest BCUT2D eigenvalue weighted by Gasteiger charge is -2.08. The Bertz CT molecular complexity index is 522.